The molecule has 2 rings (SSSR count). The van der Waals surface area contributed by atoms with Crippen LogP contribution in [0.4, 0.5) is 5.69 Å². The second-order valence-corrected chi connectivity index (χ2v) is 6.08. The van der Waals surface area contributed by atoms with Gasteiger partial charge in [-0.3, -0.25) is 4.79 Å². The SMILES string of the molecule is CCCCCOc1ccc(C(=O)Nc2ccccc2OCCOCC)cc1. The van der Waals surface area contributed by atoms with Crippen LogP contribution in [0.1, 0.15) is 43.5 Å². The molecule has 146 valence electrons. The van der Waals surface area contributed by atoms with Crippen LogP contribution in [0.3, 0.4) is 0 Å². The van der Waals surface area contributed by atoms with E-state index in [1.807, 2.05) is 43.3 Å². The molecule has 0 fully saturated rings. The average Bonchev–Trinajstić information content (AvgIpc) is 2.70. The van der Waals surface area contributed by atoms with E-state index in [0.717, 1.165) is 18.6 Å². The molecule has 0 spiro atoms. The molecule has 5 nitrogen and oxygen atoms in total. The highest BCUT2D eigenvalue weighted by Gasteiger charge is 2.10. The Kier molecular flexibility index (Phi) is 9.21. The highest BCUT2D eigenvalue weighted by atomic mass is 16.5. The summed E-state index contributed by atoms with van der Waals surface area (Å²) in [5.74, 6) is 1.22. The third-order valence-electron chi connectivity index (χ3n) is 3.96. The van der Waals surface area contributed by atoms with E-state index in [2.05, 4.69) is 12.2 Å². The Morgan fingerprint density at radius 1 is 0.889 bits per heavy atom. The summed E-state index contributed by atoms with van der Waals surface area (Å²) in [5.41, 5.74) is 1.21. The van der Waals surface area contributed by atoms with E-state index < -0.39 is 0 Å². The van der Waals surface area contributed by atoms with Gasteiger partial charge in [0.15, 0.2) is 0 Å². The summed E-state index contributed by atoms with van der Waals surface area (Å²) in [6.07, 6.45) is 3.37. The van der Waals surface area contributed by atoms with Crippen molar-refractivity contribution in [3.05, 3.63) is 54.1 Å². The van der Waals surface area contributed by atoms with Crippen molar-refractivity contribution in [2.75, 3.05) is 31.7 Å². The zero-order valence-corrected chi connectivity index (χ0v) is 16.2. The Hall–Kier alpha value is -2.53. The highest BCUT2D eigenvalue weighted by molar-refractivity contribution is 6.05. The van der Waals surface area contributed by atoms with Crippen LogP contribution in [-0.2, 0) is 4.74 Å². The molecule has 2 aromatic rings. The molecule has 1 amide bonds. The molecule has 5 heteroatoms. The second kappa shape index (κ2) is 12.0. The first-order valence-electron chi connectivity index (χ1n) is 9.58. The summed E-state index contributed by atoms with van der Waals surface area (Å²) >= 11 is 0. The lowest BCUT2D eigenvalue weighted by atomic mass is 10.2. The number of para-hydroxylation sites is 2. The average molecular weight is 371 g/mol. The van der Waals surface area contributed by atoms with Gasteiger partial charge in [0.25, 0.3) is 5.91 Å². The molecule has 0 aliphatic heterocycles. The van der Waals surface area contributed by atoms with Gasteiger partial charge in [0.1, 0.15) is 18.1 Å². The van der Waals surface area contributed by atoms with Gasteiger partial charge in [-0.1, -0.05) is 31.9 Å². The van der Waals surface area contributed by atoms with Crippen molar-refractivity contribution in [1.29, 1.82) is 0 Å². The van der Waals surface area contributed by atoms with E-state index in [1.54, 1.807) is 12.1 Å². The van der Waals surface area contributed by atoms with Crippen molar-refractivity contribution in [3.63, 3.8) is 0 Å². The number of anilines is 1. The first-order chi connectivity index (χ1) is 13.2. The molecule has 0 aliphatic carbocycles. The Balaban J connectivity index is 1.91. The van der Waals surface area contributed by atoms with Crippen molar-refractivity contribution >= 4 is 11.6 Å². The molecule has 2 aromatic carbocycles. The van der Waals surface area contributed by atoms with E-state index in [0.29, 0.717) is 43.4 Å². The van der Waals surface area contributed by atoms with Gasteiger partial charge < -0.3 is 19.5 Å². The smallest absolute Gasteiger partial charge is 0.255 e. The van der Waals surface area contributed by atoms with E-state index in [-0.39, 0.29) is 5.91 Å². The van der Waals surface area contributed by atoms with Gasteiger partial charge in [0, 0.05) is 12.2 Å². The molecule has 0 bridgehead atoms. The monoisotopic (exact) mass is 371 g/mol. The van der Waals surface area contributed by atoms with Crippen LogP contribution in [0.5, 0.6) is 11.5 Å². The molecule has 0 unspecified atom stereocenters. The van der Waals surface area contributed by atoms with Gasteiger partial charge in [0.05, 0.1) is 18.9 Å². The van der Waals surface area contributed by atoms with Crippen LogP contribution < -0.4 is 14.8 Å². The fraction of sp³-hybridized carbons (Fsp3) is 0.409. The number of nitrogens with one attached hydrogen (secondary N) is 1. The Bertz CT molecular complexity index is 685. The molecule has 0 saturated carbocycles. The summed E-state index contributed by atoms with van der Waals surface area (Å²) in [4.78, 5) is 12.5. The van der Waals surface area contributed by atoms with Gasteiger partial charge in [0.2, 0.25) is 0 Å². The lowest BCUT2D eigenvalue weighted by Gasteiger charge is -2.13. The molecule has 0 heterocycles. The molecule has 0 saturated heterocycles. The Morgan fingerprint density at radius 3 is 2.41 bits per heavy atom. The number of rotatable bonds is 12. The Labute approximate surface area is 161 Å². The summed E-state index contributed by atoms with van der Waals surface area (Å²) in [5, 5.41) is 2.90. The number of carbonyl (C=O) groups is 1. The molecular weight excluding hydrogens is 342 g/mol. The molecule has 0 atom stereocenters. The lowest BCUT2D eigenvalue weighted by molar-refractivity contribution is 0.102. The number of benzene rings is 2. The topological polar surface area (TPSA) is 56.8 Å². The molecule has 0 aliphatic rings. The van der Waals surface area contributed by atoms with Crippen molar-refractivity contribution < 1.29 is 19.0 Å². The summed E-state index contributed by atoms with van der Waals surface area (Å²) < 4.78 is 16.7. The van der Waals surface area contributed by atoms with E-state index in [4.69, 9.17) is 14.2 Å². The zero-order chi connectivity index (χ0) is 19.3. The molecule has 0 radical (unpaired) electrons. The third-order valence-corrected chi connectivity index (χ3v) is 3.96. The normalized spacial score (nSPS) is 10.4. The largest absolute Gasteiger partial charge is 0.494 e. The van der Waals surface area contributed by atoms with Gasteiger partial charge in [-0.15, -0.1) is 0 Å². The maximum atomic E-state index is 12.5. The second-order valence-electron chi connectivity index (χ2n) is 6.08. The number of ether oxygens (including phenoxy) is 3. The van der Waals surface area contributed by atoms with E-state index in [1.165, 1.54) is 6.42 Å². The molecule has 1 N–H and O–H groups in total. The fourth-order valence-electron chi connectivity index (χ4n) is 2.49. The predicted octanol–water partition coefficient (Wildman–Crippen LogP) is 4.92. The number of hydrogen-bond acceptors (Lipinski definition) is 4. The number of carbonyl (C=O) groups excluding carboxylic acids is 1. The van der Waals surface area contributed by atoms with Crippen LogP contribution in [0.15, 0.2) is 48.5 Å². The Morgan fingerprint density at radius 2 is 1.67 bits per heavy atom. The van der Waals surface area contributed by atoms with Gasteiger partial charge >= 0.3 is 0 Å². The first-order valence-corrected chi connectivity index (χ1v) is 9.58. The van der Waals surface area contributed by atoms with Crippen LogP contribution in [0, 0.1) is 0 Å². The van der Waals surface area contributed by atoms with Crippen LogP contribution in [0.2, 0.25) is 0 Å². The quantitative estimate of drug-likeness (QED) is 0.538. The van der Waals surface area contributed by atoms with Crippen molar-refractivity contribution in [3.8, 4) is 11.5 Å². The lowest BCUT2D eigenvalue weighted by Crippen LogP contribution is -2.14. The van der Waals surface area contributed by atoms with Crippen LogP contribution in [-0.4, -0.2) is 32.3 Å². The number of hydrogen-bond donors (Lipinski definition) is 1. The summed E-state index contributed by atoms with van der Waals surface area (Å²) in [7, 11) is 0. The minimum Gasteiger partial charge on any atom is -0.494 e. The summed E-state index contributed by atoms with van der Waals surface area (Å²) in [6, 6.07) is 14.6. The molecule has 27 heavy (non-hydrogen) atoms. The zero-order valence-electron chi connectivity index (χ0n) is 16.2. The van der Waals surface area contributed by atoms with Crippen LogP contribution in [0.25, 0.3) is 0 Å². The summed E-state index contributed by atoms with van der Waals surface area (Å²) in [6.45, 7) is 6.40. The van der Waals surface area contributed by atoms with Gasteiger partial charge in [-0.25, -0.2) is 0 Å². The van der Waals surface area contributed by atoms with Crippen molar-refractivity contribution in [1.82, 2.24) is 0 Å². The molecular formula is C22H29NO4. The maximum absolute atomic E-state index is 12.5. The minimum absolute atomic E-state index is 0.187. The predicted molar refractivity (Wildman–Crippen MR) is 108 cm³/mol. The molecule has 0 aromatic heterocycles. The van der Waals surface area contributed by atoms with Crippen molar-refractivity contribution in [2.24, 2.45) is 0 Å². The number of unbranched alkanes of at least 4 members (excludes halogenated alkanes) is 2. The van der Waals surface area contributed by atoms with E-state index in [9.17, 15) is 4.79 Å². The third kappa shape index (κ3) is 7.31. The fourth-order valence-corrected chi connectivity index (χ4v) is 2.49. The van der Waals surface area contributed by atoms with Crippen LogP contribution >= 0.6 is 0 Å². The highest BCUT2D eigenvalue weighted by Crippen LogP contribution is 2.24. The maximum Gasteiger partial charge on any atom is 0.255 e. The van der Waals surface area contributed by atoms with Crippen molar-refractivity contribution in [2.45, 2.75) is 33.1 Å². The number of amides is 1. The van der Waals surface area contributed by atoms with Gasteiger partial charge in [-0.2, -0.15) is 0 Å². The minimum atomic E-state index is -0.187. The standard InChI is InChI=1S/C22H29NO4/c1-3-5-8-15-26-19-13-11-18(12-14-19)22(24)23-20-9-6-7-10-21(20)27-17-16-25-4-2/h6-7,9-14H,3-5,8,15-17H2,1-2H3,(H,23,24). The van der Waals surface area contributed by atoms with E-state index >= 15 is 0 Å². The first kappa shape index (κ1) is 20.8. The van der Waals surface area contributed by atoms with Gasteiger partial charge in [-0.05, 0) is 49.7 Å².